The van der Waals surface area contributed by atoms with E-state index in [9.17, 15) is 23.1 Å². The van der Waals surface area contributed by atoms with Gasteiger partial charge in [0, 0.05) is 29.9 Å². The molecule has 0 bridgehead atoms. The molecule has 3 aromatic carbocycles. The molecule has 11 nitrogen and oxygen atoms in total. The largest absolute Gasteiger partial charge is 0.726 e. The number of halogens is 1. The summed E-state index contributed by atoms with van der Waals surface area (Å²) >= 11 is 6.08. The van der Waals surface area contributed by atoms with Crippen molar-refractivity contribution in [1.29, 1.82) is 0 Å². The molecule has 0 N–H and O–H groups in total. The molecular formula is C26H32ClN5O6S. The Morgan fingerprint density at radius 2 is 1.64 bits per heavy atom. The van der Waals surface area contributed by atoms with Crippen LogP contribution in [0.1, 0.15) is 12.5 Å². The Hall–Kier alpha value is -3.42. The third kappa shape index (κ3) is 11.5. The van der Waals surface area contributed by atoms with E-state index in [0.29, 0.717) is 11.4 Å². The molecule has 0 saturated heterocycles. The topological polar surface area (TPSA) is 138 Å². The molecule has 0 amide bonds. The SMILES string of the molecule is CCN(CC[N+](C)(C)Cc1ccccc1)c1ccc(N=Nc2ccc([N+](=O)[O-])cc2Cl)cc1.COS(=O)(=O)[O-]. The minimum absolute atomic E-state index is 0.0754. The standard InChI is InChI=1S/C25H29ClN5O2.CH4O4S/c1-4-29(16-17-31(2,3)19-20-8-6-5-7-9-20)22-12-10-21(11-13-22)27-28-25-15-14-23(30(32)33)18-24(25)26;1-5-6(2,3)4/h5-15,18H,4,16-17,19H2,1-3H3;1H3,(H,2,3,4)/q+1;/p-1. The molecular weight excluding hydrogens is 546 g/mol. The Labute approximate surface area is 234 Å². The predicted molar refractivity (Wildman–Crippen MR) is 150 cm³/mol. The Kier molecular flexibility index (Phi) is 11.9. The Balaban J connectivity index is 0.000000798. The summed E-state index contributed by atoms with van der Waals surface area (Å²) in [6.07, 6.45) is 0. The minimum atomic E-state index is -4.41. The number of nitrogens with zero attached hydrogens (tertiary/aromatic N) is 5. The maximum Gasteiger partial charge on any atom is 0.271 e. The average Bonchev–Trinajstić information content (AvgIpc) is 2.89. The Morgan fingerprint density at radius 3 is 2.15 bits per heavy atom. The maximum absolute atomic E-state index is 10.8. The smallest absolute Gasteiger partial charge is 0.271 e. The summed E-state index contributed by atoms with van der Waals surface area (Å²) < 4.78 is 31.9. The highest BCUT2D eigenvalue weighted by Crippen LogP contribution is 2.30. The lowest BCUT2D eigenvalue weighted by molar-refractivity contribution is -0.902. The van der Waals surface area contributed by atoms with E-state index >= 15 is 0 Å². The van der Waals surface area contributed by atoms with Crippen LogP contribution in [0.15, 0.2) is 83.0 Å². The van der Waals surface area contributed by atoms with Gasteiger partial charge in [-0.1, -0.05) is 41.9 Å². The van der Waals surface area contributed by atoms with E-state index in [-0.39, 0.29) is 10.7 Å². The number of nitro benzene ring substituents is 1. The number of hydrogen-bond acceptors (Lipinski definition) is 9. The van der Waals surface area contributed by atoms with Crippen LogP contribution < -0.4 is 4.90 Å². The number of non-ortho nitro benzene ring substituents is 1. The first-order valence-corrected chi connectivity index (χ1v) is 13.6. The van der Waals surface area contributed by atoms with E-state index < -0.39 is 15.3 Å². The van der Waals surface area contributed by atoms with E-state index in [1.807, 2.05) is 30.3 Å². The van der Waals surface area contributed by atoms with Crippen molar-refractivity contribution in [1.82, 2.24) is 0 Å². The molecule has 0 aliphatic carbocycles. The fourth-order valence-electron chi connectivity index (χ4n) is 3.55. The number of anilines is 1. The van der Waals surface area contributed by atoms with Crippen LogP contribution in [-0.4, -0.2) is 63.2 Å². The first kappa shape index (κ1) is 31.8. The van der Waals surface area contributed by atoms with Crippen LogP contribution in [0.25, 0.3) is 0 Å². The molecule has 3 aromatic rings. The molecule has 0 fully saturated rings. The molecule has 0 unspecified atom stereocenters. The van der Waals surface area contributed by atoms with Gasteiger partial charge in [-0.2, -0.15) is 5.11 Å². The number of rotatable bonds is 11. The lowest BCUT2D eigenvalue weighted by Gasteiger charge is -2.33. The highest BCUT2D eigenvalue weighted by molar-refractivity contribution is 7.80. The molecule has 0 radical (unpaired) electrons. The van der Waals surface area contributed by atoms with Crippen molar-refractivity contribution in [3.63, 3.8) is 0 Å². The number of azo groups is 1. The van der Waals surface area contributed by atoms with Crippen LogP contribution >= 0.6 is 11.6 Å². The van der Waals surface area contributed by atoms with Crippen LogP contribution in [0.4, 0.5) is 22.7 Å². The summed E-state index contributed by atoms with van der Waals surface area (Å²) in [7, 11) is 0.911. The summed E-state index contributed by atoms with van der Waals surface area (Å²) in [4.78, 5) is 12.7. The number of benzene rings is 3. The second-order valence-corrected chi connectivity index (χ2v) is 10.6. The third-order valence-corrected chi connectivity index (χ3v) is 6.36. The van der Waals surface area contributed by atoms with E-state index in [0.717, 1.165) is 43.5 Å². The van der Waals surface area contributed by atoms with Crippen molar-refractivity contribution in [2.24, 2.45) is 10.2 Å². The van der Waals surface area contributed by atoms with Gasteiger partial charge in [0.25, 0.3) is 5.69 Å². The van der Waals surface area contributed by atoms with Crippen molar-refractivity contribution in [2.45, 2.75) is 13.5 Å². The fraction of sp³-hybridized carbons (Fsp3) is 0.308. The zero-order chi connectivity index (χ0) is 29.1. The lowest BCUT2D eigenvalue weighted by atomic mass is 10.2. The third-order valence-electron chi connectivity index (χ3n) is 5.64. The molecule has 39 heavy (non-hydrogen) atoms. The first-order valence-electron chi connectivity index (χ1n) is 11.9. The van der Waals surface area contributed by atoms with Crippen LogP contribution in [0.3, 0.4) is 0 Å². The van der Waals surface area contributed by atoms with Crippen molar-refractivity contribution in [3.05, 3.63) is 93.5 Å². The molecule has 0 aliphatic rings. The van der Waals surface area contributed by atoms with Crippen LogP contribution in [0, 0.1) is 10.1 Å². The van der Waals surface area contributed by atoms with Gasteiger partial charge in [-0.05, 0) is 37.3 Å². The van der Waals surface area contributed by atoms with E-state index in [1.165, 1.54) is 23.8 Å². The van der Waals surface area contributed by atoms with Gasteiger partial charge < -0.3 is 13.9 Å². The van der Waals surface area contributed by atoms with Gasteiger partial charge in [-0.15, -0.1) is 5.11 Å². The molecule has 13 heteroatoms. The number of likely N-dealkylation sites (N-methyl/N-ethyl adjacent to an activating group) is 2. The summed E-state index contributed by atoms with van der Waals surface area (Å²) in [5, 5.41) is 19.4. The molecule has 0 saturated carbocycles. The van der Waals surface area contributed by atoms with Crippen molar-refractivity contribution in [2.75, 3.05) is 45.7 Å². The summed E-state index contributed by atoms with van der Waals surface area (Å²) in [6, 6.07) is 22.6. The van der Waals surface area contributed by atoms with Crippen molar-refractivity contribution >= 4 is 44.7 Å². The van der Waals surface area contributed by atoms with Gasteiger partial charge in [0.2, 0.25) is 10.4 Å². The van der Waals surface area contributed by atoms with Crippen LogP contribution in [0.5, 0.6) is 0 Å². The normalized spacial score (nSPS) is 11.6. The molecule has 0 aliphatic heterocycles. The van der Waals surface area contributed by atoms with Gasteiger partial charge in [-0.3, -0.25) is 14.3 Å². The van der Waals surface area contributed by atoms with Crippen molar-refractivity contribution < 1.29 is 26.6 Å². The molecule has 210 valence electrons. The molecule has 3 rings (SSSR count). The van der Waals surface area contributed by atoms with Gasteiger partial charge in [0.05, 0.1) is 49.9 Å². The van der Waals surface area contributed by atoms with Gasteiger partial charge in [0.15, 0.2) is 0 Å². The zero-order valence-corrected chi connectivity index (χ0v) is 23.8. The number of quaternary nitrogens is 1. The van der Waals surface area contributed by atoms with Gasteiger partial charge in [0.1, 0.15) is 12.2 Å². The fourth-order valence-corrected chi connectivity index (χ4v) is 3.76. The predicted octanol–water partition coefficient (Wildman–Crippen LogP) is 5.86. The Bertz CT molecular complexity index is 1350. The zero-order valence-electron chi connectivity index (χ0n) is 22.2. The second kappa shape index (κ2) is 14.7. The van der Waals surface area contributed by atoms with E-state index in [2.05, 4.69) is 64.6 Å². The highest BCUT2D eigenvalue weighted by Gasteiger charge is 2.18. The molecule has 0 heterocycles. The van der Waals surface area contributed by atoms with E-state index in [4.69, 9.17) is 11.6 Å². The summed E-state index contributed by atoms with van der Waals surface area (Å²) in [5.74, 6) is 0. The highest BCUT2D eigenvalue weighted by atomic mass is 35.5. The average molecular weight is 578 g/mol. The lowest BCUT2D eigenvalue weighted by Crippen LogP contribution is -2.44. The first-order chi connectivity index (χ1) is 18.3. The second-order valence-electron chi connectivity index (χ2n) is 9.07. The molecule has 0 aromatic heterocycles. The Morgan fingerprint density at radius 1 is 1.03 bits per heavy atom. The van der Waals surface area contributed by atoms with Crippen molar-refractivity contribution in [3.8, 4) is 0 Å². The van der Waals surface area contributed by atoms with Gasteiger partial charge in [-0.25, -0.2) is 8.42 Å². The number of hydrogen-bond donors (Lipinski definition) is 0. The quantitative estimate of drug-likeness (QED) is 0.0694. The summed E-state index contributed by atoms with van der Waals surface area (Å²) in [5.41, 5.74) is 3.47. The maximum atomic E-state index is 10.8. The van der Waals surface area contributed by atoms with Gasteiger partial charge >= 0.3 is 0 Å². The minimum Gasteiger partial charge on any atom is -0.726 e. The molecule has 0 atom stereocenters. The molecule has 0 spiro atoms. The van der Waals surface area contributed by atoms with E-state index in [1.54, 1.807) is 0 Å². The van der Waals surface area contributed by atoms with Crippen LogP contribution in [0.2, 0.25) is 5.02 Å². The number of nitro groups is 1. The summed E-state index contributed by atoms with van der Waals surface area (Å²) in [6.45, 7) is 6.01. The van der Waals surface area contributed by atoms with Crippen LogP contribution in [-0.2, 0) is 21.1 Å². The monoisotopic (exact) mass is 577 g/mol.